The maximum Gasteiger partial charge on any atom is 0.318 e. The fraction of sp³-hybridized carbons (Fsp3) is 0.538. The lowest BCUT2D eigenvalue weighted by molar-refractivity contribution is -0.153. The van der Waals surface area contributed by atoms with Gasteiger partial charge in [-0.05, 0) is 25.5 Å². The molecule has 1 aromatic rings. The minimum Gasteiger partial charge on any atom is -0.468 e. The van der Waals surface area contributed by atoms with Crippen molar-refractivity contribution in [1.82, 2.24) is 4.90 Å². The van der Waals surface area contributed by atoms with Gasteiger partial charge in [-0.3, -0.25) is 9.59 Å². The molecule has 100 valence electrons. The first-order valence-corrected chi connectivity index (χ1v) is 5.87. The van der Waals surface area contributed by atoms with Crippen LogP contribution < -0.4 is 0 Å². The van der Waals surface area contributed by atoms with Gasteiger partial charge in [0.25, 0.3) is 0 Å². The minimum atomic E-state index is -0.740. The van der Waals surface area contributed by atoms with E-state index >= 15 is 0 Å². The highest BCUT2D eigenvalue weighted by Crippen LogP contribution is 2.13. The normalized spacial score (nSPS) is 12.0. The maximum atomic E-state index is 12.1. The summed E-state index contributed by atoms with van der Waals surface area (Å²) in [7, 11) is 2.93. The van der Waals surface area contributed by atoms with Gasteiger partial charge < -0.3 is 14.1 Å². The van der Waals surface area contributed by atoms with Gasteiger partial charge >= 0.3 is 5.97 Å². The number of rotatable bonds is 5. The summed E-state index contributed by atoms with van der Waals surface area (Å²) in [5.74, 6) is 0.00775. The summed E-state index contributed by atoms with van der Waals surface area (Å²) in [5.41, 5.74) is 0. The smallest absolute Gasteiger partial charge is 0.318 e. The number of aryl methyl sites for hydroxylation is 1. The van der Waals surface area contributed by atoms with E-state index in [0.717, 1.165) is 5.76 Å². The number of amides is 1. The van der Waals surface area contributed by atoms with Crippen molar-refractivity contribution in [2.45, 2.75) is 26.8 Å². The third kappa shape index (κ3) is 3.35. The Morgan fingerprint density at radius 2 is 2.11 bits per heavy atom. The highest BCUT2D eigenvalue weighted by molar-refractivity contribution is 5.97. The molecule has 0 saturated carbocycles. The Bertz CT molecular complexity index is 424. The van der Waals surface area contributed by atoms with Crippen LogP contribution in [-0.2, 0) is 20.9 Å². The van der Waals surface area contributed by atoms with Gasteiger partial charge in [0.1, 0.15) is 17.4 Å². The molecule has 5 nitrogen and oxygen atoms in total. The first kappa shape index (κ1) is 14.3. The van der Waals surface area contributed by atoms with Crippen molar-refractivity contribution in [2.24, 2.45) is 5.92 Å². The Hall–Kier alpha value is -1.78. The summed E-state index contributed by atoms with van der Waals surface area (Å²) in [4.78, 5) is 25.0. The lowest BCUT2D eigenvalue weighted by Crippen LogP contribution is -2.36. The topological polar surface area (TPSA) is 59.8 Å². The summed E-state index contributed by atoms with van der Waals surface area (Å²) in [5, 5.41) is 0. The fourth-order valence-electron chi connectivity index (χ4n) is 1.73. The molecule has 1 unspecified atom stereocenters. The van der Waals surface area contributed by atoms with Crippen molar-refractivity contribution in [3.05, 3.63) is 23.7 Å². The van der Waals surface area contributed by atoms with Crippen LogP contribution in [0.2, 0.25) is 0 Å². The zero-order valence-corrected chi connectivity index (χ0v) is 11.2. The van der Waals surface area contributed by atoms with Crippen molar-refractivity contribution in [1.29, 1.82) is 0 Å². The molecular formula is C13H19NO4. The van der Waals surface area contributed by atoms with E-state index in [0.29, 0.717) is 18.7 Å². The van der Waals surface area contributed by atoms with Gasteiger partial charge in [0.15, 0.2) is 0 Å². The highest BCUT2D eigenvalue weighted by atomic mass is 16.5. The van der Waals surface area contributed by atoms with Gasteiger partial charge in [-0.2, -0.15) is 0 Å². The quantitative estimate of drug-likeness (QED) is 0.592. The molecule has 1 amide bonds. The maximum absolute atomic E-state index is 12.1. The van der Waals surface area contributed by atoms with Crippen LogP contribution in [0.3, 0.4) is 0 Å². The van der Waals surface area contributed by atoms with Crippen molar-refractivity contribution in [3.63, 3.8) is 0 Å². The second-order valence-corrected chi connectivity index (χ2v) is 4.19. The molecule has 1 aromatic heterocycles. The van der Waals surface area contributed by atoms with E-state index in [1.807, 2.05) is 19.1 Å². The monoisotopic (exact) mass is 253 g/mol. The molecule has 5 heteroatoms. The van der Waals surface area contributed by atoms with Crippen LogP contribution in [0.25, 0.3) is 0 Å². The van der Waals surface area contributed by atoms with Crippen molar-refractivity contribution in [2.75, 3.05) is 14.2 Å². The van der Waals surface area contributed by atoms with Crippen molar-refractivity contribution >= 4 is 11.9 Å². The lowest BCUT2D eigenvalue weighted by atomic mass is 10.1. The summed E-state index contributed by atoms with van der Waals surface area (Å²) in [6.07, 6.45) is 0.424. The van der Waals surface area contributed by atoms with E-state index in [2.05, 4.69) is 4.74 Å². The third-order valence-electron chi connectivity index (χ3n) is 2.76. The van der Waals surface area contributed by atoms with Crippen LogP contribution in [0.1, 0.15) is 24.9 Å². The number of nitrogens with zero attached hydrogens (tertiary/aromatic N) is 1. The molecule has 18 heavy (non-hydrogen) atoms. The van der Waals surface area contributed by atoms with Gasteiger partial charge in [-0.15, -0.1) is 0 Å². The SMILES string of the molecule is CCC(C(=O)OC)C(=O)N(C)Cc1ccc(C)o1. The third-order valence-corrected chi connectivity index (χ3v) is 2.76. The molecule has 1 rings (SSSR count). The van der Waals surface area contributed by atoms with E-state index in [4.69, 9.17) is 4.42 Å². The number of methoxy groups -OCH3 is 1. The molecule has 0 aliphatic heterocycles. The molecule has 0 aromatic carbocycles. The van der Waals surface area contributed by atoms with Crippen LogP contribution in [0.4, 0.5) is 0 Å². The molecule has 1 heterocycles. The van der Waals surface area contributed by atoms with Crippen molar-refractivity contribution in [3.8, 4) is 0 Å². The van der Waals surface area contributed by atoms with Gasteiger partial charge in [-0.25, -0.2) is 0 Å². The number of carbonyl (C=O) groups is 2. The molecule has 0 N–H and O–H groups in total. The molecule has 0 saturated heterocycles. The molecule has 0 aliphatic rings. The van der Waals surface area contributed by atoms with Crippen LogP contribution in [0.15, 0.2) is 16.5 Å². The van der Waals surface area contributed by atoms with Gasteiger partial charge in [0, 0.05) is 7.05 Å². The van der Waals surface area contributed by atoms with E-state index in [1.165, 1.54) is 12.0 Å². The second kappa shape index (κ2) is 6.23. The number of furan rings is 1. The Balaban J connectivity index is 2.67. The summed E-state index contributed by atoms with van der Waals surface area (Å²) in [6.45, 7) is 3.97. The Kier molecular flexibility index (Phi) is 4.95. The van der Waals surface area contributed by atoms with Crippen LogP contribution in [0, 0.1) is 12.8 Å². The lowest BCUT2D eigenvalue weighted by Gasteiger charge is -2.20. The fourth-order valence-corrected chi connectivity index (χ4v) is 1.73. The second-order valence-electron chi connectivity index (χ2n) is 4.19. The molecule has 1 atom stereocenters. The predicted molar refractivity (Wildman–Crippen MR) is 65.7 cm³/mol. The predicted octanol–water partition coefficient (Wildman–Crippen LogP) is 1.75. The number of hydrogen-bond acceptors (Lipinski definition) is 4. The zero-order chi connectivity index (χ0) is 13.7. The van der Waals surface area contributed by atoms with Crippen LogP contribution in [0.5, 0.6) is 0 Å². The average Bonchev–Trinajstić information content (AvgIpc) is 2.75. The standard InChI is InChI=1S/C13H19NO4/c1-5-11(13(16)17-4)12(15)14(3)8-10-7-6-9(2)18-10/h6-7,11H,5,8H2,1-4H3. The minimum absolute atomic E-state index is 0.251. The van der Waals surface area contributed by atoms with Crippen LogP contribution >= 0.6 is 0 Å². The molecule has 0 aliphatic carbocycles. The number of esters is 1. The van der Waals surface area contributed by atoms with E-state index < -0.39 is 11.9 Å². The summed E-state index contributed by atoms with van der Waals surface area (Å²) < 4.78 is 10.0. The molecule has 0 radical (unpaired) electrons. The number of carbonyl (C=O) groups excluding carboxylic acids is 2. The van der Waals surface area contributed by atoms with Gasteiger partial charge in [0.2, 0.25) is 5.91 Å². The Morgan fingerprint density at radius 1 is 1.44 bits per heavy atom. The van der Waals surface area contributed by atoms with E-state index in [1.54, 1.807) is 14.0 Å². The first-order chi connectivity index (χ1) is 8.49. The molecule has 0 spiro atoms. The van der Waals surface area contributed by atoms with E-state index in [-0.39, 0.29) is 5.91 Å². The number of hydrogen-bond donors (Lipinski definition) is 0. The number of ether oxygens (including phenoxy) is 1. The van der Waals surface area contributed by atoms with Gasteiger partial charge in [0.05, 0.1) is 13.7 Å². The Morgan fingerprint density at radius 3 is 2.56 bits per heavy atom. The summed E-state index contributed by atoms with van der Waals surface area (Å²) in [6, 6.07) is 3.66. The average molecular weight is 253 g/mol. The Labute approximate surface area is 107 Å². The summed E-state index contributed by atoms with van der Waals surface area (Å²) >= 11 is 0. The molecule has 0 bridgehead atoms. The highest BCUT2D eigenvalue weighted by Gasteiger charge is 2.28. The van der Waals surface area contributed by atoms with E-state index in [9.17, 15) is 9.59 Å². The molecular weight excluding hydrogens is 234 g/mol. The zero-order valence-electron chi connectivity index (χ0n) is 11.2. The largest absolute Gasteiger partial charge is 0.468 e. The van der Waals surface area contributed by atoms with Crippen LogP contribution in [-0.4, -0.2) is 30.9 Å². The molecule has 0 fully saturated rings. The first-order valence-electron chi connectivity index (χ1n) is 5.87. The van der Waals surface area contributed by atoms with Crippen molar-refractivity contribution < 1.29 is 18.7 Å². The van der Waals surface area contributed by atoms with Gasteiger partial charge in [-0.1, -0.05) is 6.92 Å².